The number of alkyl halides is 2. The van der Waals surface area contributed by atoms with Crippen LogP contribution in [0.15, 0.2) is 36.0 Å². The summed E-state index contributed by atoms with van der Waals surface area (Å²) in [4.78, 5) is 0. The van der Waals surface area contributed by atoms with Crippen molar-refractivity contribution in [2.24, 2.45) is 5.73 Å². The van der Waals surface area contributed by atoms with Crippen LogP contribution in [-0.2, 0) is 0 Å². The quantitative estimate of drug-likeness (QED) is 0.701. The fourth-order valence-electron chi connectivity index (χ4n) is 1.51. The summed E-state index contributed by atoms with van der Waals surface area (Å²) in [5.41, 5.74) is 6.61. The molecule has 0 heterocycles. The summed E-state index contributed by atoms with van der Waals surface area (Å²) in [5.74, 6) is 0.815. The third kappa shape index (κ3) is 12.8. The van der Waals surface area contributed by atoms with E-state index in [0.29, 0.717) is 12.8 Å². The molecule has 2 atom stereocenters. The van der Waals surface area contributed by atoms with Crippen LogP contribution in [-0.4, -0.2) is 42.6 Å². The van der Waals surface area contributed by atoms with Crippen molar-refractivity contribution < 1.29 is 13.9 Å². The lowest BCUT2D eigenvalue weighted by Gasteiger charge is -2.07. The van der Waals surface area contributed by atoms with Gasteiger partial charge in [-0.3, -0.25) is 4.39 Å². The maximum absolute atomic E-state index is 12.3. The second-order valence-electron chi connectivity index (χ2n) is 3.98. The Morgan fingerprint density at radius 3 is 2.52 bits per heavy atom. The second kappa shape index (κ2) is 17.4. The molecule has 3 N–H and O–H groups in total. The molecule has 0 bridgehead atoms. The molecule has 124 valence electrons. The monoisotopic (exact) mass is 321 g/mol. The van der Waals surface area contributed by atoms with Crippen LogP contribution in [0.4, 0.5) is 8.78 Å². The number of aliphatic hydroxyl groups is 1. The van der Waals surface area contributed by atoms with E-state index in [9.17, 15) is 8.78 Å². The first-order valence-corrected chi connectivity index (χ1v) is 8.30. The minimum Gasteiger partial charge on any atom is -0.400 e. The van der Waals surface area contributed by atoms with Gasteiger partial charge < -0.3 is 10.8 Å². The van der Waals surface area contributed by atoms with Crippen molar-refractivity contribution in [1.82, 2.24) is 0 Å². The minimum atomic E-state index is -0.496. The molecule has 0 aliphatic heterocycles. The smallest absolute Gasteiger partial charge is 0.105 e. The van der Waals surface area contributed by atoms with Gasteiger partial charge in [0, 0.05) is 18.4 Å². The zero-order valence-electron chi connectivity index (χ0n) is 13.3. The van der Waals surface area contributed by atoms with Gasteiger partial charge in [0.15, 0.2) is 0 Å². The standard InChI is InChI=1S/C13H19F2NS.C2H6.CH4O/c14-7-2-8-17-13-4-1-3-11(5-6-13)9-12(16)10-15;2*1-2/h1,3-6,12-13H,2,7-10,16H2;1-2H3;2H,1H3. The summed E-state index contributed by atoms with van der Waals surface area (Å²) in [7, 11) is 1.00. The topological polar surface area (TPSA) is 46.2 Å². The number of allylic oxidation sites excluding steroid dienone is 3. The molecule has 0 amide bonds. The highest BCUT2D eigenvalue weighted by Crippen LogP contribution is 2.20. The molecule has 1 aliphatic carbocycles. The summed E-state index contributed by atoms with van der Waals surface area (Å²) in [6.07, 6.45) is 11.2. The summed E-state index contributed by atoms with van der Waals surface area (Å²) in [6.45, 7) is 3.24. The maximum Gasteiger partial charge on any atom is 0.105 e. The van der Waals surface area contributed by atoms with Crippen molar-refractivity contribution in [3.05, 3.63) is 36.0 Å². The van der Waals surface area contributed by atoms with Gasteiger partial charge in [-0.25, -0.2) is 4.39 Å². The third-order valence-electron chi connectivity index (χ3n) is 2.40. The molecule has 0 aromatic rings. The molecule has 5 heteroatoms. The van der Waals surface area contributed by atoms with E-state index >= 15 is 0 Å². The Labute approximate surface area is 132 Å². The van der Waals surface area contributed by atoms with Gasteiger partial charge in [0.1, 0.15) is 6.67 Å². The number of thioether (sulfide) groups is 1. The molecular weight excluding hydrogens is 292 g/mol. The summed E-state index contributed by atoms with van der Waals surface area (Å²) in [5, 5.41) is 7.27. The van der Waals surface area contributed by atoms with E-state index < -0.39 is 12.7 Å². The fourth-order valence-corrected chi connectivity index (χ4v) is 2.44. The molecule has 0 saturated heterocycles. The highest BCUT2D eigenvalue weighted by Gasteiger charge is 2.07. The Hall–Kier alpha value is -0.650. The van der Waals surface area contributed by atoms with Gasteiger partial charge in [0.25, 0.3) is 0 Å². The predicted molar refractivity (Wildman–Crippen MR) is 91.3 cm³/mol. The van der Waals surface area contributed by atoms with Crippen LogP contribution in [0, 0.1) is 0 Å². The van der Waals surface area contributed by atoms with E-state index in [4.69, 9.17) is 10.8 Å². The first kappa shape index (κ1) is 22.6. The molecule has 1 aliphatic rings. The zero-order chi connectivity index (χ0) is 16.5. The zero-order valence-corrected chi connectivity index (χ0v) is 14.1. The van der Waals surface area contributed by atoms with Crippen LogP contribution < -0.4 is 5.73 Å². The number of rotatable bonds is 7. The Bertz CT molecular complexity index is 307. The van der Waals surface area contributed by atoms with Crippen LogP contribution in [0.5, 0.6) is 0 Å². The van der Waals surface area contributed by atoms with E-state index in [1.807, 2.05) is 32.1 Å². The fraction of sp³-hybridized carbons (Fsp3) is 0.625. The summed E-state index contributed by atoms with van der Waals surface area (Å²) in [6, 6.07) is -0.421. The van der Waals surface area contributed by atoms with Crippen LogP contribution in [0.2, 0.25) is 0 Å². The van der Waals surface area contributed by atoms with Crippen molar-refractivity contribution in [3.8, 4) is 0 Å². The Kier molecular flexibility index (Phi) is 18.8. The lowest BCUT2D eigenvalue weighted by molar-refractivity contribution is 0.399. The average molecular weight is 321 g/mol. The Morgan fingerprint density at radius 1 is 1.29 bits per heavy atom. The van der Waals surface area contributed by atoms with E-state index in [1.165, 1.54) is 0 Å². The van der Waals surface area contributed by atoms with Crippen molar-refractivity contribution in [1.29, 1.82) is 0 Å². The van der Waals surface area contributed by atoms with Crippen molar-refractivity contribution in [2.45, 2.75) is 38.0 Å². The first-order valence-electron chi connectivity index (χ1n) is 7.25. The van der Waals surface area contributed by atoms with E-state index in [2.05, 4.69) is 12.2 Å². The van der Waals surface area contributed by atoms with Gasteiger partial charge in [-0.15, -0.1) is 0 Å². The van der Waals surface area contributed by atoms with Crippen molar-refractivity contribution in [3.63, 3.8) is 0 Å². The molecule has 1 rings (SSSR count). The predicted octanol–water partition coefficient (Wildman–Crippen LogP) is 3.82. The molecule has 0 fully saturated rings. The normalized spacial score (nSPS) is 17.7. The number of hydrogen-bond acceptors (Lipinski definition) is 3. The molecular formula is C16H29F2NOS. The second-order valence-corrected chi connectivity index (χ2v) is 5.27. The number of hydrogen-bond donors (Lipinski definition) is 2. The molecule has 21 heavy (non-hydrogen) atoms. The first-order chi connectivity index (χ1) is 10.3. The van der Waals surface area contributed by atoms with Gasteiger partial charge >= 0.3 is 0 Å². The van der Waals surface area contributed by atoms with Crippen LogP contribution >= 0.6 is 11.8 Å². The van der Waals surface area contributed by atoms with E-state index in [-0.39, 0.29) is 11.9 Å². The molecule has 0 radical (unpaired) electrons. The SMILES string of the molecule is CC.CO.NC(CF)CC1=CC=CC(SCCCF)C=C1. The van der Waals surface area contributed by atoms with Gasteiger partial charge in [-0.05, 0) is 24.2 Å². The van der Waals surface area contributed by atoms with Gasteiger partial charge in [0.2, 0.25) is 0 Å². The Balaban J connectivity index is 0. The number of nitrogens with two attached hydrogens (primary N) is 1. The summed E-state index contributed by atoms with van der Waals surface area (Å²) >= 11 is 1.71. The van der Waals surface area contributed by atoms with Gasteiger partial charge in [-0.1, -0.05) is 44.2 Å². The molecule has 0 aromatic heterocycles. The highest BCUT2D eigenvalue weighted by atomic mass is 32.2. The molecule has 2 nitrogen and oxygen atoms in total. The highest BCUT2D eigenvalue weighted by molar-refractivity contribution is 8.00. The van der Waals surface area contributed by atoms with E-state index in [0.717, 1.165) is 18.4 Å². The molecule has 0 aromatic carbocycles. The Morgan fingerprint density at radius 2 is 1.95 bits per heavy atom. The van der Waals surface area contributed by atoms with Crippen molar-refractivity contribution in [2.75, 3.05) is 26.2 Å². The van der Waals surface area contributed by atoms with Crippen LogP contribution in [0.3, 0.4) is 0 Å². The largest absolute Gasteiger partial charge is 0.400 e. The van der Waals surface area contributed by atoms with Crippen molar-refractivity contribution >= 4 is 11.8 Å². The summed E-state index contributed by atoms with van der Waals surface area (Å²) < 4.78 is 24.3. The minimum absolute atomic E-state index is 0.262. The third-order valence-corrected chi connectivity index (χ3v) is 3.62. The molecule has 0 spiro atoms. The number of aliphatic hydroxyl groups excluding tert-OH is 1. The van der Waals surface area contributed by atoms with Gasteiger partial charge in [0.05, 0.1) is 6.67 Å². The van der Waals surface area contributed by atoms with Gasteiger partial charge in [-0.2, -0.15) is 11.8 Å². The maximum atomic E-state index is 12.3. The molecule has 0 saturated carbocycles. The van der Waals surface area contributed by atoms with Crippen LogP contribution in [0.25, 0.3) is 0 Å². The molecule has 2 unspecified atom stereocenters. The lowest BCUT2D eigenvalue weighted by atomic mass is 10.1. The van der Waals surface area contributed by atoms with E-state index in [1.54, 1.807) is 11.8 Å². The number of halogens is 2. The van der Waals surface area contributed by atoms with Crippen LogP contribution in [0.1, 0.15) is 26.7 Å². The average Bonchev–Trinajstić information content (AvgIpc) is 2.77. The lowest BCUT2D eigenvalue weighted by Crippen LogP contribution is -2.22.